The Balaban J connectivity index is 1.61. The monoisotopic (exact) mass is 519 g/mol. The van der Waals surface area contributed by atoms with Crippen molar-refractivity contribution in [1.29, 1.82) is 0 Å². The molecule has 1 aliphatic rings. The van der Waals surface area contributed by atoms with Gasteiger partial charge in [-0.15, -0.1) is 0 Å². The van der Waals surface area contributed by atoms with Crippen LogP contribution in [-0.2, 0) is 10.0 Å². The summed E-state index contributed by atoms with van der Waals surface area (Å²) in [5, 5.41) is 3.94. The molecule has 184 valence electrons. The maximum Gasteiger partial charge on any atom is 0.229 e. The van der Waals surface area contributed by atoms with Crippen LogP contribution in [0.15, 0.2) is 91.4 Å². The number of para-hydroxylation sites is 1. The molecule has 0 amide bonds. The van der Waals surface area contributed by atoms with E-state index in [9.17, 15) is 8.42 Å². The lowest BCUT2D eigenvalue weighted by Gasteiger charge is -2.28. The van der Waals surface area contributed by atoms with Crippen LogP contribution in [0.4, 0.5) is 11.4 Å². The van der Waals surface area contributed by atoms with Gasteiger partial charge in [-0.2, -0.15) is 0 Å². The van der Waals surface area contributed by atoms with Crippen molar-refractivity contribution in [2.75, 3.05) is 23.0 Å². The number of sulfonamides is 1. The van der Waals surface area contributed by atoms with Gasteiger partial charge in [-0.25, -0.2) is 8.42 Å². The van der Waals surface area contributed by atoms with E-state index in [0.717, 1.165) is 28.9 Å². The molecule has 1 fully saturated rings. The number of rotatable bonds is 7. The molecule has 0 bridgehead atoms. The fraction of sp³-hybridized carbons (Fsp3) is 0.154. The number of anilines is 2. The summed E-state index contributed by atoms with van der Waals surface area (Å²) in [6.45, 7) is 0. The number of nitrogens with one attached hydrogen (secondary N) is 2. The van der Waals surface area contributed by atoms with Crippen molar-refractivity contribution in [3.05, 3.63) is 103 Å². The van der Waals surface area contributed by atoms with E-state index in [1.165, 1.54) is 7.11 Å². The fourth-order valence-corrected chi connectivity index (χ4v) is 5.35. The smallest absolute Gasteiger partial charge is 0.229 e. The van der Waals surface area contributed by atoms with Crippen LogP contribution in [-0.4, -0.2) is 36.4 Å². The van der Waals surface area contributed by atoms with E-state index in [-0.39, 0.29) is 12.1 Å². The van der Waals surface area contributed by atoms with Crippen LogP contribution in [0.1, 0.15) is 23.3 Å². The number of methoxy groups -OCH3 is 1. The van der Waals surface area contributed by atoms with Crippen molar-refractivity contribution in [2.45, 2.75) is 12.1 Å². The molecule has 2 N–H and O–H groups in total. The number of ether oxygens (including phenoxy) is 1. The summed E-state index contributed by atoms with van der Waals surface area (Å²) in [5.41, 5.74) is 3.97. The van der Waals surface area contributed by atoms with E-state index in [0.29, 0.717) is 16.5 Å². The molecular formula is C26H25N5O3S2. The number of hydrogen-bond donors (Lipinski definition) is 2. The minimum atomic E-state index is -3.52. The second-order valence-electron chi connectivity index (χ2n) is 8.44. The minimum Gasteiger partial charge on any atom is -0.495 e. The zero-order valence-corrected chi connectivity index (χ0v) is 21.3. The zero-order valence-electron chi connectivity index (χ0n) is 19.7. The quantitative estimate of drug-likeness (QED) is 0.349. The largest absolute Gasteiger partial charge is 0.495 e. The molecule has 4 aromatic rings. The molecule has 8 nitrogen and oxygen atoms in total. The molecule has 2 aromatic heterocycles. The second-order valence-corrected chi connectivity index (χ2v) is 10.6. The molecule has 2 atom stereocenters. The summed E-state index contributed by atoms with van der Waals surface area (Å²) in [6, 6.07) is 22.8. The van der Waals surface area contributed by atoms with Gasteiger partial charge in [0.1, 0.15) is 5.75 Å². The van der Waals surface area contributed by atoms with Crippen LogP contribution in [0.2, 0.25) is 0 Å². The van der Waals surface area contributed by atoms with E-state index < -0.39 is 10.0 Å². The topological polar surface area (TPSA) is 88.5 Å². The number of thiocarbonyl (C=S) groups is 1. The van der Waals surface area contributed by atoms with Crippen molar-refractivity contribution in [1.82, 2.24) is 14.9 Å². The van der Waals surface area contributed by atoms with Gasteiger partial charge < -0.3 is 19.5 Å². The zero-order chi connectivity index (χ0) is 25.3. The van der Waals surface area contributed by atoms with Gasteiger partial charge in [0.15, 0.2) is 5.11 Å². The van der Waals surface area contributed by atoms with E-state index >= 15 is 0 Å². The fourth-order valence-electron chi connectivity index (χ4n) is 4.45. The van der Waals surface area contributed by atoms with Crippen molar-refractivity contribution in [3.8, 4) is 11.4 Å². The molecule has 0 aliphatic carbocycles. The standard InChI is InChI=1S/C26H25N5O3S2/c1-34-23-12-11-20(16-22(23)29-36(2,32)33)31-25(24(28-26(31)35)21-10-6-7-14-27-21)18-13-15-30(17-18)19-8-4-3-5-9-19/h3-17,24-25,29H,1-2H3,(H,28,35)/t24-,25+/m1/s1. The van der Waals surface area contributed by atoms with Crippen LogP contribution in [0.25, 0.3) is 5.69 Å². The van der Waals surface area contributed by atoms with Crippen LogP contribution >= 0.6 is 12.2 Å². The molecule has 0 radical (unpaired) electrons. The Morgan fingerprint density at radius 3 is 2.50 bits per heavy atom. The van der Waals surface area contributed by atoms with E-state index in [1.54, 1.807) is 18.3 Å². The molecule has 36 heavy (non-hydrogen) atoms. The molecule has 10 heteroatoms. The average Bonchev–Trinajstić information content (AvgIpc) is 3.49. The minimum absolute atomic E-state index is 0.223. The maximum absolute atomic E-state index is 12.0. The van der Waals surface area contributed by atoms with Gasteiger partial charge in [-0.05, 0) is 66.3 Å². The van der Waals surface area contributed by atoms with Crippen LogP contribution < -0.4 is 19.7 Å². The molecule has 1 saturated heterocycles. The van der Waals surface area contributed by atoms with Crippen LogP contribution in [0, 0.1) is 0 Å². The number of aromatic nitrogens is 2. The Labute approximate surface area is 215 Å². The Hall–Kier alpha value is -3.89. The van der Waals surface area contributed by atoms with Crippen LogP contribution in [0.3, 0.4) is 0 Å². The SMILES string of the molecule is COc1ccc(N2C(=S)N[C@H](c3ccccn3)[C@@H]2c2ccn(-c3ccccc3)c2)cc1NS(C)(=O)=O. The Morgan fingerprint density at radius 1 is 1.03 bits per heavy atom. The summed E-state index contributed by atoms with van der Waals surface area (Å²) in [5.74, 6) is 0.412. The number of pyridine rings is 1. The third-order valence-electron chi connectivity index (χ3n) is 5.97. The molecule has 2 aromatic carbocycles. The third-order valence-corrected chi connectivity index (χ3v) is 6.87. The predicted octanol–water partition coefficient (Wildman–Crippen LogP) is 4.43. The van der Waals surface area contributed by atoms with Crippen LogP contribution in [0.5, 0.6) is 5.75 Å². The molecule has 0 saturated carbocycles. The van der Waals surface area contributed by atoms with Gasteiger partial charge in [0.25, 0.3) is 0 Å². The molecular weight excluding hydrogens is 494 g/mol. The Morgan fingerprint density at radius 2 is 1.81 bits per heavy atom. The lowest BCUT2D eigenvalue weighted by Crippen LogP contribution is -2.29. The lowest BCUT2D eigenvalue weighted by molar-refractivity contribution is 0.417. The van der Waals surface area contributed by atoms with Crippen molar-refractivity contribution in [3.63, 3.8) is 0 Å². The van der Waals surface area contributed by atoms with E-state index in [1.807, 2.05) is 65.7 Å². The van der Waals surface area contributed by atoms with Gasteiger partial charge in [0.05, 0.1) is 36.8 Å². The van der Waals surface area contributed by atoms with E-state index in [4.69, 9.17) is 17.0 Å². The van der Waals surface area contributed by atoms with Gasteiger partial charge in [-0.1, -0.05) is 24.3 Å². The highest BCUT2D eigenvalue weighted by Crippen LogP contribution is 2.43. The summed E-state index contributed by atoms with van der Waals surface area (Å²) in [6.07, 6.45) is 6.96. The Kier molecular flexibility index (Phi) is 6.38. The first kappa shape index (κ1) is 23.8. The third kappa shape index (κ3) is 4.77. The summed E-state index contributed by atoms with van der Waals surface area (Å²) < 4.78 is 34.0. The number of nitrogens with zero attached hydrogens (tertiary/aromatic N) is 3. The highest BCUT2D eigenvalue weighted by atomic mass is 32.2. The molecule has 0 unspecified atom stereocenters. The number of hydrogen-bond acceptors (Lipinski definition) is 5. The lowest BCUT2D eigenvalue weighted by atomic mass is 9.98. The average molecular weight is 520 g/mol. The van der Waals surface area contributed by atoms with Gasteiger partial charge in [-0.3, -0.25) is 9.71 Å². The summed E-state index contributed by atoms with van der Waals surface area (Å²) in [4.78, 5) is 6.58. The van der Waals surface area contributed by atoms with E-state index in [2.05, 4.69) is 31.9 Å². The molecule has 3 heterocycles. The first-order chi connectivity index (χ1) is 17.3. The highest BCUT2D eigenvalue weighted by Gasteiger charge is 2.41. The highest BCUT2D eigenvalue weighted by molar-refractivity contribution is 7.92. The van der Waals surface area contributed by atoms with Crippen molar-refractivity contribution >= 4 is 38.7 Å². The maximum atomic E-state index is 12.0. The first-order valence-corrected chi connectivity index (χ1v) is 13.5. The normalized spacial score (nSPS) is 17.6. The second kappa shape index (κ2) is 9.63. The van der Waals surface area contributed by atoms with Gasteiger partial charge in [0, 0.05) is 30.0 Å². The number of benzene rings is 2. The van der Waals surface area contributed by atoms with Gasteiger partial charge in [0.2, 0.25) is 10.0 Å². The molecule has 1 aliphatic heterocycles. The summed E-state index contributed by atoms with van der Waals surface area (Å²) in [7, 11) is -2.02. The first-order valence-electron chi connectivity index (χ1n) is 11.2. The van der Waals surface area contributed by atoms with Crippen molar-refractivity contribution < 1.29 is 13.2 Å². The molecule has 0 spiro atoms. The van der Waals surface area contributed by atoms with Gasteiger partial charge >= 0.3 is 0 Å². The predicted molar refractivity (Wildman–Crippen MR) is 145 cm³/mol. The summed E-state index contributed by atoms with van der Waals surface area (Å²) >= 11 is 5.80. The Bertz CT molecular complexity index is 1490. The van der Waals surface area contributed by atoms with Crippen molar-refractivity contribution in [2.24, 2.45) is 0 Å². The molecule has 5 rings (SSSR count).